The van der Waals surface area contributed by atoms with Gasteiger partial charge in [0.1, 0.15) is 0 Å². The Morgan fingerprint density at radius 2 is 1.95 bits per heavy atom. The zero-order chi connectivity index (χ0) is 18.5. The maximum Gasteiger partial charge on any atom is 0.328 e. The van der Waals surface area contributed by atoms with E-state index in [-0.39, 0.29) is 11.8 Å². The van der Waals surface area contributed by atoms with E-state index in [4.69, 9.17) is 7.85 Å². The predicted octanol–water partition coefficient (Wildman–Crippen LogP) is 5.60. The Hall–Kier alpha value is -1.83. The van der Waals surface area contributed by atoms with Crippen LogP contribution in [-0.2, 0) is 4.79 Å². The van der Waals surface area contributed by atoms with Crippen molar-refractivity contribution in [3.63, 3.8) is 0 Å². The Labute approximate surface area is 137 Å². The molecule has 1 N–H and O–H groups in total. The molecular weight excluding hydrogens is 272 g/mol. The lowest BCUT2D eigenvalue weighted by molar-refractivity contribution is -0.131. The van der Waals surface area contributed by atoms with Crippen LogP contribution in [0.2, 0.25) is 0 Å². The molecule has 1 aliphatic rings. The van der Waals surface area contributed by atoms with E-state index >= 15 is 0 Å². The minimum atomic E-state index is -0.947. The molecule has 0 saturated carbocycles. The van der Waals surface area contributed by atoms with E-state index in [0.717, 1.165) is 16.7 Å². The summed E-state index contributed by atoms with van der Waals surface area (Å²) in [6.45, 7) is 9.94. The number of carbonyl (C=O) groups is 1. The Bertz CT molecular complexity index is 634. The monoisotopic (exact) mass is 302 g/mol. The van der Waals surface area contributed by atoms with Crippen LogP contribution in [0.4, 0.5) is 0 Å². The first kappa shape index (κ1) is 15.1. The van der Waals surface area contributed by atoms with Gasteiger partial charge in [0.15, 0.2) is 0 Å². The van der Waals surface area contributed by atoms with Gasteiger partial charge < -0.3 is 5.11 Å². The minimum absolute atomic E-state index is 0.0958. The van der Waals surface area contributed by atoms with Crippen molar-refractivity contribution in [1.82, 2.24) is 0 Å². The molecule has 0 aromatic rings. The summed E-state index contributed by atoms with van der Waals surface area (Å²) in [5.74, 6) is -0.947. The molecule has 0 amide bonds. The Kier molecular flexibility index (Phi) is 5.47. The molecule has 2 unspecified atom stereocenters. The van der Waals surface area contributed by atoms with E-state index in [9.17, 15) is 4.79 Å². The van der Waals surface area contributed by atoms with Crippen LogP contribution in [-0.4, -0.2) is 11.1 Å². The molecule has 2 atom stereocenters. The van der Waals surface area contributed by atoms with Crippen LogP contribution in [0.3, 0.4) is 0 Å². The smallest absolute Gasteiger partial charge is 0.328 e. The highest BCUT2D eigenvalue weighted by molar-refractivity contribution is 5.81. The van der Waals surface area contributed by atoms with E-state index in [0.29, 0.717) is 12.0 Å². The average Bonchev–Trinajstić information content (AvgIpc) is 2.43. The van der Waals surface area contributed by atoms with Crippen molar-refractivity contribution >= 4 is 5.97 Å². The summed E-state index contributed by atoms with van der Waals surface area (Å²) < 4.78 is 16.2. The molecule has 2 nitrogen and oxygen atoms in total. The van der Waals surface area contributed by atoms with Crippen LogP contribution in [0.15, 0.2) is 58.7 Å². The normalized spacial score (nSPS) is 28.2. The van der Waals surface area contributed by atoms with Crippen molar-refractivity contribution in [2.75, 3.05) is 0 Å². The Balaban J connectivity index is 2.93. The molecule has 1 aliphatic carbocycles. The van der Waals surface area contributed by atoms with Crippen molar-refractivity contribution in [2.45, 2.75) is 53.8 Å². The fraction of sp³-hybridized carbons (Fsp3) is 0.450. The van der Waals surface area contributed by atoms with E-state index in [1.54, 1.807) is 13.0 Å². The summed E-state index contributed by atoms with van der Waals surface area (Å²) in [5.41, 5.74) is 3.75. The van der Waals surface area contributed by atoms with Crippen LogP contribution in [0.5, 0.6) is 0 Å². The fourth-order valence-electron chi connectivity index (χ4n) is 2.49. The molecular formula is C20H28O2. The van der Waals surface area contributed by atoms with Gasteiger partial charge in [-0.3, -0.25) is 0 Å². The summed E-state index contributed by atoms with van der Waals surface area (Å²) in [7, 11) is 0. The molecule has 22 heavy (non-hydrogen) atoms. The highest BCUT2D eigenvalue weighted by atomic mass is 16.4. The number of allylic oxidation sites excluding steroid dienone is 9. The number of carboxylic acid groups (broad SMARTS) is 1. The molecule has 0 fully saturated rings. The quantitative estimate of drug-likeness (QED) is 0.530. The van der Waals surface area contributed by atoms with Crippen LogP contribution in [0, 0.1) is 5.41 Å². The standard InChI is InChI=1S/C20H28O2/c1-15(8-6-9-16(2)14-19(21)22)11-12-18-17(3)10-7-13-20(18,4)5/h6,8-9,11-12,14H,7,10,13H2,1-5H3,(H,21,22)/i7D,10D. The fourth-order valence-corrected chi connectivity index (χ4v) is 2.49. The van der Waals surface area contributed by atoms with Crippen molar-refractivity contribution in [1.29, 1.82) is 0 Å². The van der Waals surface area contributed by atoms with Gasteiger partial charge in [-0.2, -0.15) is 0 Å². The summed E-state index contributed by atoms with van der Waals surface area (Å²) in [6, 6.07) is 0. The summed E-state index contributed by atoms with van der Waals surface area (Å²) >= 11 is 0. The molecule has 0 aromatic carbocycles. The molecule has 0 heterocycles. The lowest BCUT2D eigenvalue weighted by Crippen LogP contribution is -2.19. The second-order valence-corrected chi connectivity index (χ2v) is 6.42. The molecule has 0 saturated heterocycles. The van der Waals surface area contributed by atoms with Crippen molar-refractivity contribution in [3.05, 3.63) is 58.7 Å². The maximum absolute atomic E-state index is 10.6. The van der Waals surface area contributed by atoms with Gasteiger partial charge in [-0.15, -0.1) is 0 Å². The van der Waals surface area contributed by atoms with Crippen LogP contribution < -0.4 is 0 Å². The van der Waals surface area contributed by atoms with Crippen LogP contribution >= 0.6 is 0 Å². The van der Waals surface area contributed by atoms with Gasteiger partial charge >= 0.3 is 5.97 Å². The lowest BCUT2D eigenvalue weighted by Gasteiger charge is -2.32. The number of carboxylic acids is 1. The highest BCUT2D eigenvalue weighted by Crippen LogP contribution is 2.40. The van der Waals surface area contributed by atoms with Gasteiger partial charge in [-0.1, -0.05) is 55.4 Å². The molecule has 120 valence electrons. The third-order valence-corrected chi connectivity index (χ3v) is 3.73. The predicted molar refractivity (Wildman–Crippen MR) is 93.8 cm³/mol. The summed E-state index contributed by atoms with van der Waals surface area (Å²) in [5, 5.41) is 8.66. The third kappa shape index (κ3) is 5.88. The van der Waals surface area contributed by atoms with Crippen LogP contribution in [0.25, 0.3) is 0 Å². The van der Waals surface area contributed by atoms with E-state index in [1.165, 1.54) is 6.08 Å². The van der Waals surface area contributed by atoms with E-state index in [1.807, 2.05) is 32.1 Å². The zero-order valence-corrected chi connectivity index (χ0v) is 14.2. The molecule has 0 radical (unpaired) electrons. The number of aliphatic carboxylic acids is 1. The molecule has 0 aromatic heterocycles. The molecule has 0 bridgehead atoms. The SMILES string of the molecule is [2H]C1CC(C)(C)C(C=CC(C)=CC=CC(C)=CC(=O)O)=C(C)C1[2H]. The maximum atomic E-state index is 10.6. The number of hydrogen-bond donors (Lipinski definition) is 1. The molecule has 0 aliphatic heterocycles. The first-order valence-electron chi connectivity index (χ1n) is 8.70. The van der Waals surface area contributed by atoms with Gasteiger partial charge in [0.2, 0.25) is 0 Å². The largest absolute Gasteiger partial charge is 0.478 e. The summed E-state index contributed by atoms with van der Waals surface area (Å²) in [4.78, 5) is 10.6. The Morgan fingerprint density at radius 1 is 1.27 bits per heavy atom. The van der Waals surface area contributed by atoms with Crippen LogP contribution in [0.1, 0.15) is 56.6 Å². The second-order valence-electron chi connectivity index (χ2n) is 6.42. The van der Waals surface area contributed by atoms with Gasteiger partial charge in [0.25, 0.3) is 0 Å². The topological polar surface area (TPSA) is 37.3 Å². The van der Waals surface area contributed by atoms with E-state index in [2.05, 4.69) is 19.9 Å². The lowest BCUT2D eigenvalue weighted by atomic mass is 9.72. The van der Waals surface area contributed by atoms with Crippen molar-refractivity contribution < 1.29 is 12.6 Å². The number of hydrogen-bond acceptors (Lipinski definition) is 1. The second kappa shape index (κ2) is 7.98. The zero-order valence-electron chi connectivity index (χ0n) is 16.2. The molecule has 0 spiro atoms. The van der Waals surface area contributed by atoms with Crippen molar-refractivity contribution in [3.8, 4) is 0 Å². The first-order chi connectivity index (χ1) is 11.0. The summed E-state index contributed by atoms with van der Waals surface area (Å²) in [6.07, 6.45) is 10.6. The van der Waals surface area contributed by atoms with E-state index < -0.39 is 12.4 Å². The third-order valence-electron chi connectivity index (χ3n) is 3.73. The average molecular weight is 302 g/mol. The van der Waals surface area contributed by atoms with Gasteiger partial charge in [-0.05, 0) is 56.5 Å². The van der Waals surface area contributed by atoms with Crippen molar-refractivity contribution in [2.24, 2.45) is 5.41 Å². The highest BCUT2D eigenvalue weighted by Gasteiger charge is 2.26. The molecule has 2 heteroatoms. The number of rotatable bonds is 5. The van der Waals surface area contributed by atoms with Gasteiger partial charge in [0.05, 0.1) is 0 Å². The van der Waals surface area contributed by atoms with Gasteiger partial charge in [0, 0.05) is 8.82 Å². The van der Waals surface area contributed by atoms with Gasteiger partial charge in [-0.25, -0.2) is 4.79 Å². The first-order valence-corrected chi connectivity index (χ1v) is 7.54. The Morgan fingerprint density at radius 3 is 2.59 bits per heavy atom. The minimum Gasteiger partial charge on any atom is -0.478 e. The molecule has 1 rings (SSSR count).